The van der Waals surface area contributed by atoms with Crippen molar-refractivity contribution in [1.29, 1.82) is 0 Å². The highest BCUT2D eigenvalue weighted by Crippen LogP contribution is 2.35. The molecule has 6 heteroatoms. The molecule has 6 nitrogen and oxygen atoms in total. The van der Waals surface area contributed by atoms with Crippen LogP contribution in [0, 0.1) is 6.92 Å². The van der Waals surface area contributed by atoms with Crippen LogP contribution in [0.4, 0.5) is 0 Å². The molecule has 1 aliphatic carbocycles. The van der Waals surface area contributed by atoms with E-state index < -0.39 is 0 Å². The molecule has 1 aliphatic rings. The number of aromatic amines is 1. The number of rotatable bonds is 6. The molecule has 2 N–H and O–H groups in total. The standard InChI is InChI=1S/C19H23N3O3/c1-12-20-16(11-19(24)21-12)14-9-15(10-14)22-18(23)8-7-13-5-3-4-6-17(13)25-2/h3-6,11,14-15H,7-10H2,1-2H3,(H,22,23)(H,20,21,24). The van der Waals surface area contributed by atoms with E-state index in [1.165, 1.54) is 0 Å². The molecule has 1 aromatic heterocycles. The lowest BCUT2D eigenvalue weighted by molar-refractivity contribution is -0.122. The minimum Gasteiger partial charge on any atom is -0.496 e. The molecule has 1 aromatic carbocycles. The van der Waals surface area contributed by atoms with Crippen molar-refractivity contribution in [2.24, 2.45) is 0 Å². The zero-order valence-corrected chi connectivity index (χ0v) is 14.5. The number of aryl methyl sites for hydroxylation is 2. The topological polar surface area (TPSA) is 84.1 Å². The first-order valence-corrected chi connectivity index (χ1v) is 8.54. The Bertz CT molecular complexity index is 810. The summed E-state index contributed by atoms with van der Waals surface area (Å²) >= 11 is 0. The lowest BCUT2D eigenvalue weighted by atomic mass is 9.78. The van der Waals surface area contributed by atoms with Gasteiger partial charge in [0, 0.05) is 24.4 Å². The quantitative estimate of drug-likeness (QED) is 0.842. The van der Waals surface area contributed by atoms with Gasteiger partial charge in [-0.3, -0.25) is 9.59 Å². The number of para-hydroxylation sites is 1. The highest BCUT2D eigenvalue weighted by atomic mass is 16.5. The Morgan fingerprint density at radius 2 is 2.12 bits per heavy atom. The Labute approximate surface area is 146 Å². The van der Waals surface area contributed by atoms with E-state index in [0.717, 1.165) is 29.8 Å². The number of nitrogens with one attached hydrogen (secondary N) is 2. The molecule has 0 bridgehead atoms. The van der Waals surface area contributed by atoms with E-state index in [1.807, 2.05) is 24.3 Å². The summed E-state index contributed by atoms with van der Waals surface area (Å²) in [7, 11) is 1.64. The van der Waals surface area contributed by atoms with Crippen molar-refractivity contribution in [3.05, 3.63) is 57.8 Å². The van der Waals surface area contributed by atoms with Gasteiger partial charge < -0.3 is 15.0 Å². The summed E-state index contributed by atoms with van der Waals surface area (Å²) in [5.74, 6) is 1.74. The maximum absolute atomic E-state index is 12.1. The van der Waals surface area contributed by atoms with Gasteiger partial charge in [0.25, 0.3) is 5.56 Å². The van der Waals surface area contributed by atoms with Gasteiger partial charge in [-0.15, -0.1) is 0 Å². The van der Waals surface area contributed by atoms with E-state index >= 15 is 0 Å². The van der Waals surface area contributed by atoms with Crippen molar-refractivity contribution in [3.8, 4) is 5.75 Å². The molecule has 0 aliphatic heterocycles. The van der Waals surface area contributed by atoms with Crippen LogP contribution in [0.1, 0.15) is 42.3 Å². The zero-order chi connectivity index (χ0) is 17.8. The summed E-state index contributed by atoms with van der Waals surface area (Å²) in [5, 5.41) is 3.06. The molecule has 1 saturated carbocycles. The highest BCUT2D eigenvalue weighted by molar-refractivity contribution is 5.76. The largest absolute Gasteiger partial charge is 0.496 e. The van der Waals surface area contributed by atoms with Crippen LogP contribution in [0.15, 0.2) is 35.1 Å². The third kappa shape index (κ3) is 4.26. The molecule has 0 atom stereocenters. The maximum atomic E-state index is 12.1. The van der Waals surface area contributed by atoms with Gasteiger partial charge in [-0.2, -0.15) is 0 Å². The van der Waals surface area contributed by atoms with E-state index in [2.05, 4.69) is 15.3 Å². The van der Waals surface area contributed by atoms with Crippen LogP contribution >= 0.6 is 0 Å². The average Bonchev–Trinajstić information content (AvgIpc) is 2.55. The molecule has 132 valence electrons. The van der Waals surface area contributed by atoms with Crippen LogP contribution in [-0.4, -0.2) is 29.0 Å². The Kier molecular flexibility index (Phi) is 5.16. The van der Waals surface area contributed by atoms with Crippen LogP contribution < -0.4 is 15.6 Å². The predicted octanol–water partition coefficient (Wildman–Crippen LogP) is 2.08. The predicted molar refractivity (Wildman–Crippen MR) is 94.8 cm³/mol. The minimum atomic E-state index is -0.119. The molecule has 1 fully saturated rings. The number of carbonyl (C=O) groups excluding carboxylic acids is 1. The van der Waals surface area contributed by atoms with E-state index in [9.17, 15) is 9.59 Å². The molecule has 0 spiro atoms. The number of benzene rings is 1. The monoisotopic (exact) mass is 341 g/mol. The normalized spacial score (nSPS) is 19.1. The number of hydrogen-bond donors (Lipinski definition) is 2. The van der Waals surface area contributed by atoms with Gasteiger partial charge in [0.2, 0.25) is 5.91 Å². The number of nitrogens with zero attached hydrogens (tertiary/aromatic N) is 1. The minimum absolute atomic E-state index is 0.0457. The Morgan fingerprint density at radius 3 is 2.84 bits per heavy atom. The van der Waals surface area contributed by atoms with Crippen LogP contribution in [0.25, 0.3) is 0 Å². The van der Waals surface area contributed by atoms with Gasteiger partial charge in [0.1, 0.15) is 11.6 Å². The number of H-pyrrole nitrogens is 1. The smallest absolute Gasteiger partial charge is 0.251 e. The van der Waals surface area contributed by atoms with Crippen molar-refractivity contribution < 1.29 is 9.53 Å². The first kappa shape index (κ1) is 17.2. The second kappa shape index (κ2) is 7.51. The number of amides is 1. The van der Waals surface area contributed by atoms with E-state index in [4.69, 9.17) is 4.74 Å². The summed E-state index contributed by atoms with van der Waals surface area (Å²) in [6, 6.07) is 9.46. The van der Waals surface area contributed by atoms with Gasteiger partial charge >= 0.3 is 0 Å². The van der Waals surface area contributed by atoms with E-state index in [-0.39, 0.29) is 23.4 Å². The molecule has 2 aromatic rings. The van der Waals surface area contributed by atoms with Crippen LogP contribution in [-0.2, 0) is 11.2 Å². The number of hydrogen-bond acceptors (Lipinski definition) is 4. The first-order chi connectivity index (χ1) is 12.0. The van der Waals surface area contributed by atoms with E-state index in [1.54, 1.807) is 20.1 Å². The molecule has 1 amide bonds. The van der Waals surface area contributed by atoms with Crippen LogP contribution in [0.2, 0.25) is 0 Å². The number of ether oxygens (including phenoxy) is 1. The highest BCUT2D eigenvalue weighted by Gasteiger charge is 2.32. The van der Waals surface area contributed by atoms with Crippen molar-refractivity contribution in [2.45, 2.75) is 44.6 Å². The van der Waals surface area contributed by atoms with Crippen LogP contribution in [0.3, 0.4) is 0 Å². The SMILES string of the molecule is COc1ccccc1CCC(=O)NC1CC(c2cc(=O)[nH]c(C)n2)C1. The zero-order valence-electron chi connectivity index (χ0n) is 14.5. The Balaban J connectivity index is 1.46. The molecular formula is C19H23N3O3. The molecule has 25 heavy (non-hydrogen) atoms. The van der Waals surface area contributed by atoms with Gasteiger partial charge in [-0.1, -0.05) is 18.2 Å². The molecule has 1 heterocycles. The number of methoxy groups -OCH3 is 1. The van der Waals surface area contributed by atoms with Gasteiger partial charge in [-0.05, 0) is 37.8 Å². The lowest BCUT2D eigenvalue weighted by Crippen LogP contribution is -2.43. The lowest BCUT2D eigenvalue weighted by Gasteiger charge is -2.35. The van der Waals surface area contributed by atoms with Gasteiger partial charge in [0.05, 0.1) is 12.8 Å². The molecular weight excluding hydrogens is 318 g/mol. The molecule has 0 radical (unpaired) electrons. The maximum Gasteiger partial charge on any atom is 0.251 e. The van der Waals surface area contributed by atoms with Crippen molar-refractivity contribution in [3.63, 3.8) is 0 Å². The summed E-state index contributed by atoms with van der Waals surface area (Å²) in [6.07, 6.45) is 2.75. The summed E-state index contributed by atoms with van der Waals surface area (Å²) in [6.45, 7) is 1.78. The van der Waals surface area contributed by atoms with Crippen molar-refractivity contribution in [1.82, 2.24) is 15.3 Å². The van der Waals surface area contributed by atoms with Gasteiger partial charge in [0.15, 0.2) is 0 Å². The van der Waals surface area contributed by atoms with Crippen molar-refractivity contribution in [2.75, 3.05) is 7.11 Å². The summed E-state index contributed by atoms with van der Waals surface area (Å²) in [4.78, 5) is 30.7. The summed E-state index contributed by atoms with van der Waals surface area (Å²) in [5.41, 5.74) is 1.74. The van der Waals surface area contributed by atoms with Gasteiger partial charge in [-0.25, -0.2) is 4.98 Å². The fourth-order valence-corrected chi connectivity index (χ4v) is 3.25. The van der Waals surface area contributed by atoms with E-state index in [0.29, 0.717) is 18.7 Å². The average molecular weight is 341 g/mol. The fraction of sp³-hybridized carbons (Fsp3) is 0.421. The summed E-state index contributed by atoms with van der Waals surface area (Å²) < 4.78 is 5.31. The fourth-order valence-electron chi connectivity index (χ4n) is 3.25. The number of carbonyl (C=O) groups is 1. The molecule has 0 unspecified atom stereocenters. The second-order valence-corrected chi connectivity index (χ2v) is 6.50. The Morgan fingerprint density at radius 1 is 1.36 bits per heavy atom. The first-order valence-electron chi connectivity index (χ1n) is 8.54. The third-order valence-electron chi connectivity index (χ3n) is 4.62. The third-order valence-corrected chi connectivity index (χ3v) is 4.62. The van der Waals surface area contributed by atoms with Crippen molar-refractivity contribution >= 4 is 5.91 Å². The van der Waals surface area contributed by atoms with Crippen LogP contribution in [0.5, 0.6) is 5.75 Å². The second-order valence-electron chi connectivity index (χ2n) is 6.50. The Hall–Kier alpha value is -2.63. The molecule has 0 saturated heterocycles. The molecule has 3 rings (SSSR count). The number of aromatic nitrogens is 2.